The molecule has 0 bridgehead atoms. The van der Waals surface area contributed by atoms with E-state index in [0.717, 1.165) is 15.6 Å². The predicted molar refractivity (Wildman–Crippen MR) is 74.2 cm³/mol. The van der Waals surface area contributed by atoms with Crippen molar-refractivity contribution in [3.8, 4) is 0 Å². The fourth-order valence-corrected chi connectivity index (χ4v) is 2.16. The number of nitrogens with zero attached hydrogens (tertiary/aromatic N) is 1. The van der Waals surface area contributed by atoms with Gasteiger partial charge >= 0.3 is 0 Å². The van der Waals surface area contributed by atoms with Crippen molar-refractivity contribution in [3.63, 3.8) is 0 Å². The Labute approximate surface area is 107 Å². The van der Waals surface area contributed by atoms with Crippen LogP contribution in [0.25, 0.3) is 10.2 Å². The molecule has 17 heavy (non-hydrogen) atoms. The number of hydrogen-bond acceptors (Lipinski definition) is 2. The van der Waals surface area contributed by atoms with Crippen molar-refractivity contribution in [2.45, 2.75) is 40.5 Å². The van der Waals surface area contributed by atoms with Crippen molar-refractivity contribution >= 4 is 21.6 Å². The Kier molecular flexibility index (Phi) is 5.06. The lowest BCUT2D eigenvalue weighted by molar-refractivity contribution is 0.636. The summed E-state index contributed by atoms with van der Waals surface area (Å²) in [4.78, 5) is 4.26. The largest absolute Gasteiger partial charge is 0.238 e. The van der Waals surface area contributed by atoms with Crippen molar-refractivity contribution in [1.82, 2.24) is 4.98 Å². The number of thiazole rings is 1. The minimum atomic E-state index is -0.222. The topological polar surface area (TPSA) is 12.9 Å². The minimum absolute atomic E-state index is 0.222. The van der Waals surface area contributed by atoms with Gasteiger partial charge in [-0.25, -0.2) is 9.37 Å². The van der Waals surface area contributed by atoms with Crippen LogP contribution in [-0.4, -0.2) is 4.98 Å². The number of benzene rings is 1. The summed E-state index contributed by atoms with van der Waals surface area (Å²) in [5, 5.41) is 1.00. The molecule has 0 radical (unpaired) electrons. The van der Waals surface area contributed by atoms with Crippen LogP contribution in [0.15, 0.2) is 18.2 Å². The molecule has 0 N–H and O–H groups in total. The van der Waals surface area contributed by atoms with E-state index in [2.05, 4.69) is 39.6 Å². The lowest BCUT2D eigenvalue weighted by Gasteiger charge is -1.94. The Bertz CT molecular complexity index is 471. The highest BCUT2D eigenvalue weighted by atomic mass is 32.1. The zero-order valence-corrected chi connectivity index (χ0v) is 11.9. The maximum atomic E-state index is 13.2. The van der Waals surface area contributed by atoms with Gasteiger partial charge in [-0.15, -0.1) is 11.3 Å². The quantitative estimate of drug-likeness (QED) is 0.679. The minimum Gasteiger partial charge on any atom is -0.238 e. The van der Waals surface area contributed by atoms with Crippen molar-refractivity contribution in [2.75, 3.05) is 0 Å². The first-order valence-electron chi connectivity index (χ1n) is 5.96. The molecule has 0 atom stereocenters. The fourth-order valence-electron chi connectivity index (χ4n) is 1.18. The average molecular weight is 253 g/mol. The lowest BCUT2D eigenvalue weighted by Crippen LogP contribution is -1.84. The molecule has 2 aromatic rings. The van der Waals surface area contributed by atoms with Gasteiger partial charge in [-0.2, -0.15) is 0 Å². The standard InChI is InChI=1S/C10H10FNS.C4H10/c1-6(2)10-12-9-7(11)4-3-5-8(9)13-10;1-4(2)3/h3-6H,1-2H3;4H,1-3H3. The summed E-state index contributed by atoms with van der Waals surface area (Å²) >= 11 is 1.57. The van der Waals surface area contributed by atoms with Gasteiger partial charge in [0.2, 0.25) is 0 Å². The SMILES string of the molecule is CC(C)C.CC(C)c1nc2c(F)cccc2s1. The summed E-state index contributed by atoms with van der Waals surface area (Å²) in [5.41, 5.74) is 0.510. The first kappa shape index (κ1) is 14.1. The van der Waals surface area contributed by atoms with E-state index < -0.39 is 0 Å². The number of hydrogen-bond donors (Lipinski definition) is 0. The highest BCUT2D eigenvalue weighted by molar-refractivity contribution is 7.18. The Morgan fingerprint density at radius 3 is 2.18 bits per heavy atom. The molecule has 94 valence electrons. The van der Waals surface area contributed by atoms with Crippen LogP contribution in [0.3, 0.4) is 0 Å². The van der Waals surface area contributed by atoms with Crippen LogP contribution in [0, 0.1) is 11.7 Å². The molecule has 0 aliphatic heterocycles. The second-order valence-corrected chi connectivity index (χ2v) is 6.09. The predicted octanol–water partition coefficient (Wildman–Crippen LogP) is 5.22. The van der Waals surface area contributed by atoms with E-state index in [-0.39, 0.29) is 5.82 Å². The average Bonchev–Trinajstić information content (AvgIpc) is 2.62. The van der Waals surface area contributed by atoms with Gasteiger partial charge in [-0.1, -0.05) is 40.7 Å². The van der Waals surface area contributed by atoms with E-state index in [4.69, 9.17) is 0 Å². The van der Waals surface area contributed by atoms with E-state index in [9.17, 15) is 4.39 Å². The summed E-state index contributed by atoms with van der Waals surface area (Å²) < 4.78 is 14.1. The Morgan fingerprint density at radius 1 is 1.12 bits per heavy atom. The third kappa shape index (κ3) is 4.08. The lowest BCUT2D eigenvalue weighted by atomic mass is 10.2. The molecule has 0 fully saturated rings. The van der Waals surface area contributed by atoms with Crippen LogP contribution in [0.1, 0.15) is 45.5 Å². The summed E-state index contributed by atoms with van der Waals surface area (Å²) in [5.74, 6) is 0.984. The highest BCUT2D eigenvalue weighted by Gasteiger charge is 2.09. The third-order valence-corrected chi connectivity index (χ3v) is 3.20. The van der Waals surface area contributed by atoms with Crippen LogP contribution in [0.2, 0.25) is 0 Å². The second-order valence-electron chi connectivity index (χ2n) is 5.03. The zero-order chi connectivity index (χ0) is 13.0. The van der Waals surface area contributed by atoms with Crippen LogP contribution in [0.4, 0.5) is 4.39 Å². The van der Waals surface area contributed by atoms with Gasteiger partial charge in [-0.3, -0.25) is 0 Å². The van der Waals surface area contributed by atoms with Gasteiger partial charge in [0.25, 0.3) is 0 Å². The Hall–Kier alpha value is -0.960. The second kappa shape index (κ2) is 6.10. The Morgan fingerprint density at radius 2 is 1.71 bits per heavy atom. The highest BCUT2D eigenvalue weighted by Crippen LogP contribution is 2.28. The van der Waals surface area contributed by atoms with Crippen LogP contribution >= 0.6 is 11.3 Å². The molecular formula is C14H20FNS. The van der Waals surface area contributed by atoms with Crippen LogP contribution < -0.4 is 0 Å². The van der Waals surface area contributed by atoms with Gasteiger partial charge in [0.15, 0.2) is 0 Å². The van der Waals surface area contributed by atoms with Gasteiger partial charge in [0.1, 0.15) is 11.3 Å². The third-order valence-electron chi connectivity index (χ3n) is 1.88. The molecule has 3 heteroatoms. The normalized spacial score (nSPS) is 10.8. The number of para-hydroxylation sites is 1. The Balaban J connectivity index is 0.000000317. The molecule has 0 amide bonds. The molecule has 1 heterocycles. The van der Waals surface area contributed by atoms with E-state index in [1.165, 1.54) is 6.07 Å². The summed E-state index contributed by atoms with van der Waals surface area (Å²) in [6.07, 6.45) is 0. The van der Waals surface area contributed by atoms with Gasteiger partial charge in [0.05, 0.1) is 9.71 Å². The summed E-state index contributed by atoms with van der Waals surface area (Å²) in [6.45, 7) is 10.6. The summed E-state index contributed by atoms with van der Waals surface area (Å²) in [7, 11) is 0. The number of halogens is 1. The molecule has 0 unspecified atom stereocenters. The smallest absolute Gasteiger partial charge is 0.150 e. The molecule has 0 saturated carbocycles. The maximum Gasteiger partial charge on any atom is 0.150 e. The first-order valence-corrected chi connectivity index (χ1v) is 6.78. The number of fused-ring (bicyclic) bond motifs is 1. The molecule has 0 spiro atoms. The van der Waals surface area contributed by atoms with Crippen molar-refractivity contribution in [3.05, 3.63) is 29.0 Å². The van der Waals surface area contributed by atoms with E-state index >= 15 is 0 Å². The molecule has 1 aromatic heterocycles. The molecule has 1 nitrogen and oxygen atoms in total. The number of aromatic nitrogens is 1. The monoisotopic (exact) mass is 253 g/mol. The van der Waals surface area contributed by atoms with Crippen LogP contribution in [-0.2, 0) is 0 Å². The van der Waals surface area contributed by atoms with Crippen LogP contribution in [0.5, 0.6) is 0 Å². The fraction of sp³-hybridized carbons (Fsp3) is 0.500. The van der Waals surface area contributed by atoms with E-state index in [1.54, 1.807) is 17.4 Å². The van der Waals surface area contributed by atoms with Crippen molar-refractivity contribution in [1.29, 1.82) is 0 Å². The van der Waals surface area contributed by atoms with Crippen molar-refractivity contribution < 1.29 is 4.39 Å². The van der Waals surface area contributed by atoms with E-state index in [1.807, 2.05) is 6.07 Å². The summed E-state index contributed by atoms with van der Waals surface area (Å²) in [6, 6.07) is 5.08. The van der Waals surface area contributed by atoms with Gasteiger partial charge in [-0.05, 0) is 18.1 Å². The van der Waals surface area contributed by atoms with Gasteiger partial charge in [0, 0.05) is 5.92 Å². The first-order chi connectivity index (χ1) is 7.91. The zero-order valence-electron chi connectivity index (χ0n) is 11.1. The van der Waals surface area contributed by atoms with Crippen molar-refractivity contribution in [2.24, 2.45) is 5.92 Å². The molecule has 2 rings (SSSR count). The maximum absolute atomic E-state index is 13.2. The molecular weight excluding hydrogens is 233 g/mol. The van der Waals surface area contributed by atoms with Gasteiger partial charge < -0.3 is 0 Å². The molecule has 0 aliphatic rings. The molecule has 0 aliphatic carbocycles. The van der Waals surface area contributed by atoms with E-state index in [0.29, 0.717) is 11.4 Å². The molecule has 1 aromatic carbocycles. The molecule has 0 saturated heterocycles. The number of rotatable bonds is 1.